The second-order valence-electron chi connectivity index (χ2n) is 3.35. The molecule has 0 heterocycles. The minimum Gasteiger partial charge on any atom is -0.464 e. The number of halogens is 3. The average molecular weight is 280 g/mol. The molecule has 0 spiro atoms. The molecule has 17 heavy (non-hydrogen) atoms. The van der Waals surface area contributed by atoms with Crippen molar-refractivity contribution in [1.82, 2.24) is 0 Å². The lowest BCUT2D eigenvalue weighted by Gasteiger charge is -2.16. The van der Waals surface area contributed by atoms with Crippen molar-refractivity contribution in [3.05, 3.63) is 33.8 Å². The third-order valence-corrected chi connectivity index (χ3v) is 2.89. The Morgan fingerprint density at radius 1 is 1.47 bits per heavy atom. The van der Waals surface area contributed by atoms with Crippen LogP contribution in [0.15, 0.2) is 18.2 Å². The van der Waals surface area contributed by atoms with Gasteiger partial charge in [0.05, 0.1) is 22.7 Å². The van der Waals surface area contributed by atoms with Crippen molar-refractivity contribution >= 4 is 29.2 Å². The van der Waals surface area contributed by atoms with Gasteiger partial charge in [-0.1, -0.05) is 29.3 Å². The molecule has 0 aliphatic heterocycles. The van der Waals surface area contributed by atoms with E-state index in [2.05, 4.69) is 4.74 Å². The maximum Gasteiger partial charge on any atom is 0.342 e. The van der Waals surface area contributed by atoms with Gasteiger partial charge in [0.1, 0.15) is 0 Å². The van der Waals surface area contributed by atoms with Crippen LogP contribution < -0.4 is 5.73 Å². The zero-order chi connectivity index (χ0) is 13.0. The highest BCUT2D eigenvalue weighted by atomic mass is 35.5. The Hall–Kier alpha value is -0.840. The van der Waals surface area contributed by atoms with Crippen molar-refractivity contribution in [2.45, 2.75) is 19.1 Å². The number of carbonyl (C=O) groups is 1. The van der Waals surface area contributed by atoms with Crippen LogP contribution in [0.3, 0.4) is 0 Å². The Kier molecular flexibility index (Phi) is 5.18. The van der Waals surface area contributed by atoms with Crippen LogP contribution >= 0.6 is 23.2 Å². The number of benzene rings is 1. The van der Waals surface area contributed by atoms with Crippen molar-refractivity contribution in [3.63, 3.8) is 0 Å². The Bertz CT molecular complexity index is 414. The number of hydrogen-bond acceptors (Lipinski definition) is 3. The van der Waals surface area contributed by atoms with E-state index in [0.717, 1.165) is 0 Å². The predicted octanol–water partition coefficient (Wildman–Crippen LogP) is 2.89. The number of carbonyl (C=O) groups excluding carboxylic acids is 1. The number of esters is 1. The van der Waals surface area contributed by atoms with E-state index < -0.39 is 18.2 Å². The fourth-order valence-corrected chi connectivity index (χ4v) is 1.56. The maximum absolute atomic E-state index is 13.6. The standard InChI is InChI=1S/C11H12Cl2FNO2/c1-2-17-11(16)9(14)10(15)6-3-4-7(12)8(13)5-6/h3-5,9-10H,2,15H2,1H3/t9?,10-/m0/s1. The van der Waals surface area contributed by atoms with E-state index in [9.17, 15) is 9.18 Å². The molecule has 1 aromatic carbocycles. The first kappa shape index (κ1) is 14.2. The summed E-state index contributed by atoms with van der Waals surface area (Å²) >= 11 is 11.5. The molecule has 0 aliphatic carbocycles. The quantitative estimate of drug-likeness (QED) is 0.863. The largest absolute Gasteiger partial charge is 0.464 e. The molecule has 2 atom stereocenters. The van der Waals surface area contributed by atoms with Crippen molar-refractivity contribution in [2.24, 2.45) is 5.73 Å². The molecule has 1 unspecified atom stereocenters. The normalized spacial score (nSPS) is 14.2. The topological polar surface area (TPSA) is 52.3 Å². The van der Waals surface area contributed by atoms with Gasteiger partial charge in [-0.3, -0.25) is 0 Å². The van der Waals surface area contributed by atoms with Crippen molar-refractivity contribution in [2.75, 3.05) is 6.61 Å². The molecule has 3 nitrogen and oxygen atoms in total. The second-order valence-corrected chi connectivity index (χ2v) is 4.17. The van der Waals surface area contributed by atoms with Gasteiger partial charge in [-0.05, 0) is 24.6 Å². The summed E-state index contributed by atoms with van der Waals surface area (Å²) in [6.07, 6.45) is -1.92. The van der Waals surface area contributed by atoms with Crippen molar-refractivity contribution in [3.8, 4) is 0 Å². The van der Waals surface area contributed by atoms with Gasteiger partial charge in [0, 0.05) is 0 Å². The summed E-state index contributed by atoms with van der Waals surface area (Å²) in [6.45, 7) is 1.70. The zero-order valence-corrected chi connectivity index (χ0v) is 10.6. The zero-order valence-electron chi connectivity index (χ0n) is 9.12. The molecule has 0 bridgehead atoms. The fourth-order valence-electron chi connectivity index (χ4n) is 1.26. The van der Waals surface area contributed by atoms with Gasteiger partial charge in [0.2, 0.25) is 6.17 Å². The Morgan fingerprint density at radius 3 is 2.65 bits per heavy atom. The first-order valence-electron chi connectivity index (χ1n) is 4.98. The van der Waals surface area contributed by atoms with Gasteiger partial charge < -0.3 is 10.5 Å². The Morgan fingerprint density at radius 2 is 2.12 bits per heavy atom. The first-order valence-corrected chi connectivity index (χ1v) is 5.74. The van der Waals surface area contributed by atoms with Crippen LogP contribution in [0.2, 0.25) is 10.0 Å². The number of hydrogen-bond donors (Lipinski definition) is 1. The van der Waals surface area contributed by atoms with E-state index in [0.29, 0.717) is 10.6 Å². The lowest BCUT2D eigenvalue weighted by Crippen LogP contribution is -2.31. The van der Waals surface area contributed by atoms with Crippen LogP contribution in [0.25, 0.3) is 0 Å². The lowest BCUT2D eigenvalue weighted by molar-refractivity contribution is -0.149. The highest BCUT2D eigenvalue weighted by Crippen LogP contribution is 2.27. The fraction of sp³-hybridized carbons (Fsp3) is 0.364. The van der Waals surface area contributed by atoms with E-state index >= 15 is 0 Å². The molecule has 6 heteroatoms. The predicted molar refractivity (Wildman–Crippen MR) is 64.9 cm³/mol. The molecule has 0 saturated carbocycles. The first-order chi connectivity index (χ1) is 7.97. The van der Waals surface area contributed by atoms with E-state index in [-0.39, 0.29) is 11.6 Å². The molecular weight excluding hydrogens is 268 g/mol. The summed E-state index contributed by atoms with van der Waals surface area (Å²) in [4.78, 5) is 11.2. The van der Waals surface area contributed by atoms with Gasteiger partial charge in [0.25, 0.3) is 0 Å². The van der Waals surface area contributed by atoms with Gasteiger partial charge in [-0.2, -0.15) is 0 Å². The molecule has 1 rings (SSSR count). The smallest absolute Gasteiger partial charge is 0.342 e. The summed E-state index contributed by atoms with van der Waals surface area (Å²) in [5, 5.41) is 0.602. The molecule has 0 fully saturated rings. The third-order valence-electron chi connectivity index (χ3n) is 2.16. The minimum absolute atomic E-state index is 0.105. The molecule has 2 N–H and O–H groups in total. The molecule has 0 saturated heterocycles. The summed E-state index contributed by atoms with van der Waals surface area (Å²) < 4.78 is 18.2. The molecule has 0 radical (unpaired) electrons. The van der Waals surface area contributed by atoms with Crippen molar-refractivity contribution < 1.29 is 13.9 Å². The second kappa shape index (κ2) is 6.19. The highest BCUT2D eigenvalue weighted by molar-refractivity contribution is 6.42. The number of alkyl halides is 1. The average Bonchev–Trinajstić information content (AvgIpc) is 2.31. The van der Waals surface area contributed by atoms with E-state index in [1.165, 1.54) is 18.2 Å². The summed E-state index contributed by atoms with van der Waals surface area (Å²) in [5.41, 5.74) is 6.00. The van der Waals surface area contributed by atoms with Crippen molar-refractivity contribution in [1.29, 1.82) is 0 Å². The SMILES string of the molecule is CCOC(=O)C(F)[C@@H](N)c1ccc(Cl)c(Cl)c1. The molecule has 94 valence electrons. The van der Waals surface area contributed by atoms with E-state index in [1.807, 2.05) is 0 Å². The van der Waals surface area contributed by atoms with Crippen LogP contribution in [-0.4, -0.2) is 18.7 Å². The number of nitrogens with two attached hydrogens (primary N) is 1. The van der Waals surface area contributed by atoms with Crippen LogP contribution in [0, 0.1) is 0 Å². The van der Waals surface area contributed by atoms with Crippen LogP contribution in [0.1, 0.15) is 18.5 Å². The molecule has 0 aromatic heterocycles. The van der Waals surface area contributed by atoms with Gasteiger partial charge >= 0.3 is 5.97 Å². The maximum atomic E-state index is 13.6. The molecule has 0 amide bonds. The Balaban J connectivity index is 2.84. The van der Waals surface area contributed by atoms with Crippen LogP contribution in [0.4, 0.5) is 4.39 Å². The molecular formula is C11H12Cl2FNO2. The monoisotopic (exact) mass is 279 g/mol. The third kappa shape index (κ3) is 3.56. The highest BCUT2D eigenvalue weighted by Gasteiger charge is 2.27. The Labute approximate surface area is 109 Å². The summed E-state index contributed by atoms with van der Waals surface area (Å²) in [6, 6.07) is 3.32. The van der Waals surface area contributed by atoms with E-state index in [1.54, 1.807) is 6.92 Å². The van der Waals surface area contributed by atoms with Gasteiger partial charge in [-0.15, -0.1) is 0 Å². The number of ether oxygens (including phenoxy) is 1. The van der Waals surface area contributed by atoms with Gasteiger partial charge in [0.15, 0.2) is 0 Å². The summed E-state index contributed by atoms with van der Waals surface area (Å²) in [7, 11) is 0. The minimum atomic E-state index is -1.92. The number of rotatable bonds is 4. The summed E-state index contributed by atoms with van der Waals surface area (Å²) in [5.74, 6) is -0.980. The van der Waals surface area contributed by atoms with Gasteiger partial charge in [-0.25, -0.2) is 9.18 Å². The molecule has 0 aliphatic rings. The van der Waals surface area contributed by atoms with E-state index in [4.69, 9.17) is 28.9 Å². The lowest BCUT2D eigenvalue weighted by atomic mass is 10.0. The van der Waals surface area contributed by atoms with Crippen LogP contribution in [-0.2, 0) is 9.53 Å². The molecule has 1 aromatic rings. The van der Waals surface area contributed by atoms with Crippen LogP contribution in [0.5, 0.6) is 0 Å².